The van der Waals surface area contributed by atoms with Crippen LogP contribution in [0.1, 0.15) is 37.3 Å². The molecule has 0 bridgehead atoms. The third-order valence-electron chi connectivity index (χ3n) is 6.91. The summed E-state index contributed by atoms with van der Waals surface area (Å²) in [5, 5.41) is 6.57. The summed E-state index contributed by atoms with van der Waals surface area (Å²) in [4.78, 5) is 12.9. The van der Waals surface area contributed by atoms with E-state index in [1.807, 2.05) is 4.72 Å². The highest BCUT2D eigenvalue weighted by Gasteiger charge is 2.53. The average molecular weight is 566 g/mol. The summed E-state index contributed by atoms with van der Waals surface area (Å²) >= 11 is -2.98. The summed E-state index contributed by atoms with van der Waals surface area (Å²) in [6.07, 6.45) is 4.42. The van der Waals surface area contributed by atoms with Gasteiger partial charge in [-0.3, -0.25) is 4.21 Å². The van der Waals surface area contributed by atoms with Gasteiger partial charge >= 0.3 is 0 Å². The second kappa shape index (κ2) is 11.5. The highest BCUT2D eigenvalue weighted by atomic mass is 32.2. The Balaban J connectivity index is 1.41. The Morgan fingerprint density at radius 3 is 2.67 bits per heavy atom. The quantitative estimate of drug-likeness (QED) is 0.260. The number of nitrogens with one attached hydrogen (secondary N) is 3. The zero-order valence-electron chi connectivity index (χ0n) is 20.5. The van der Waals surface area contributed by atoms with E-state index < -0.39 is 58.5 Å². The minimum absolute atomic E-state index is 0.0501. The van der Waals surface area contributed by atoms with Gasteiger partial charge in [0.1, 0.15) is 0 Å². The minimum atomic E-state index is -3.21. The standard InChI is InChI=1S/C25H26F4N6O3S/c26-20-16(22(35-39(36)37)17-7-9-25(17,28)29)5-6-19(21(20)27)38-23-15(4-2-11-31-23)18-8-12-32-24(34-18)33-14-3-1-10-30-13-14/h2,4-6,8,11-12,14,17,22,30,35H,1,3,7,9-10,13H2,(H,36,37)(H,32,33,34)/p-1/t14-,17?,22?/m0/s1. The van der Waals surface area contributed by atoms with Crippen LogP contribution >= 0.6 is 0 Å². The van der Waals surface area contributed by atoms with Gasteiger partial charge in [0.15, 0.2) is 11.6 Å². The van der Waals surface area contributed by atoms with E-state index in [9.17, 15) is 17.5 Å². The first-order valence-corrected chi connectivity index (χ1v) is 13.4. The zero-order valence-corrected chi connectivity index (χ0v) is 21.3. The fourth-order valence-electron chi connectivity index (χ4n) is 4.78. The summed E-state index contributed by atoms with van der Waals surface area (Å²) in [6, 6.07) is 5.47. The largest absolute Gasteiger partial charge is 0.760 e. The molecule has 2 aliphatic rings. The summed E-state index contributed by atoms with van der Waals surface area (Å²) in [7, 11) is 0. The molecule has 2 fully saturated rings. The van der Waals surface area contributed by atoms with Gasteiger partial charge in [-0.1, -0.05) is 6.07 Å². The number of halogens is 4. The van der Waals surface area contributed by atoms with Crippen LogP contribution in [0.4, 0.5) is 23.5 Å². The number of hydrogen-bond acceptors (Lipinski definition) is 8. The Hall–Kier alpha value is -3.20. The molecule has 1 saturated carbocycles. The van der Waals surface area contributed by atoms with Gasteiger partial charge in [-0.2, -0.15) is 4.39 Å². The topological polar surface area (TPSA) is 124 Å². The molecular formula is C25H25F4N6O3S-. The molecule has 1 saturated heterocycles. The molecule has 208 valence electrons. The number of benzene rings is 1. The second-order valence-electron chi connectivity index (χ2n) is 9.43. The van der Waals surface area contributed by atoms with Crippen molar-refractivity contribution in [2.24, 2.45) is 5.92 Å². The summed E-state index contributed by atoms with van der Waals surface area (Å²) < 4.78 is 88.4. The summed E-state index contributed by atoms with van der Waals surface area (Å²) in [6.45, 7) is 1.73. The fourth-order valence-corrected chi connectivity index (χ4v) is 5.28. The smallest absolute Gasteiger partial charge is 0.252 e. The van der Waals surface area contributed by atoms with Gasteiger partial charge in [0.05, 0.1) is 17.3 Å². The maximum Gasteiger partial charge on any atom is 0.252 e. The van der Waals surface area contributed by atoms with Crippen molar-refractivity contribution in [3.05, 3.63) is 59.9 Å². The SMILES string of the molecule is O=S([O-])NC(c1ccc(Oc2ncccc2-c2ccnc(N[C@H]3CCCNC3)n2)c(F)c1F)C1CCC1(F)F. The van der Waals surface area contributed by atoms with Crippen LogP contribution in [0.3, 0.4) is 0 Å². The van der Waals surface area contributed by atoms with Gasteiger partial charge in [0, 0.05) is 54.1 Å². The lowest BCUT2D eigenvalue weighted by atomic mass is 9.74. The molecule has 14 heteroatoms. The number of aromatic nitrogens is 3. The Morgan fingerprint density at radius 2 is 1.97 bits per heavy atom. The van der Waals surface area contributed by atoms with E-state index in [2.05, 4.69) is 25.6 Å². The van der Waals surface area contributed by atoms with E-state index in [1.54, 1.807) is 24.4 Å². The molecule has 39 heavy (non-hydrogen) atoms. The lowest BCUT2D eigenvalue weighted by molar-refractivity contribution is -0.143. The number of piperidine rings is 1. The predicted molar refractivity (Wildman–Crippen MR) is 134 cm³/mol. The highest BCUT2D eigenvalue weighted by Crippen LogP contribution is 2.50. The molecule has 0 amide bonds. The number of rotatable bonds is 9. The van der Waals surface area contributed by atoms with Crippen LogP contribution in [-0.4, -0.2) is 48.8 Å². The normalized spacial score (nSPS) is 22.0. The zero-order chi connectivity index (χ0) is 27.6. The third-order valence-corrected chi connectivity index (χ3v) is 7.35. The minimum Gasteiger partial charge on any atom is -0.760 e. The number of hydrogen-bond donors (Lipinski definition) is 3. The van der Waals surface area contributed by atoms with Crippen molar-refractivity contribution in [3.63, 3.8) is 0 Å². The molecule has 0 radical (unpaired) electrons. The van der Waals surface area contributed by atoms with Crippen LogP contribution in [0.15, 0.2) is 42.7 Å². The van der Waals surface area contributed by atoms with Crippen LogP contribution in [-0.2, 0) is 11.3 Å². The molecular weight excluding hydrogens is 540 g/mol. The van der Waals surface area contributed by atoms with Gasteiger partial charge in [-0.25, -0.2) is 32.8 Å². The van der Waals surface area contributed by atoms with Crippen molar-refractivity contribution in [1.82, 2.24) is 25.0 Å². The van der Waals surface area contributed by atoms with E-state index in [0.29, 0.717) is 17.2 Å². The van der Waals surface area contributed by atoms with Crippen molar-refractivity contribution >= 4 is 17.2 Å². The Bertz CT molecular complexity index is 1360. The van der Waals surface area contributed by atoms with Gasteiger partial charge in [0.2, 0.25) is 17.6 Å². The van der Waals surface area contributed by atoms with Crippen molar-refractivity contribution in [2.75, 3.05) is 18.4 Å². The van der Waals surface area contributed by atoms with Gasteiger partial charge in [0.25, 0.3) is 5.92 Å². The molecule has 4 atom stereocenters. The fraction of sp³-hybridized carbons (Fsp3) is 0.400. The molecule has 0 spiro atoms. The molecule has 3 N–H and O–H groups in total. The second-order valence-corrected chi connectivity index (χ2v) is 10.1. The molecule has 1 aliphatic heterocycles. The lowest BCUT2D eigenvalue weighted by Crippen LogP contribution is -2.47. The molecule has 1 aliphatic carbocycles. The number of pyridine rings is 1. The first-order valence-electron chi connectivity index (χ1n) is 12.4. The Kier molecular flexibility index (Phi) is 8.07. The lowest BCUT2D eigenvalue weighted by Gasteiger charge is -2.42. The number of alkyl halides is 2. The highest BCUT2D eigenvalue weighted by molar-refractivity contribution is 7.77. The van der Waals surface area contributed by atoms with Crippen LogP contribution in [0.5, 0.6) is 11.6 Å². The van der Waals surface area contributed by atoms with Crippen molar-refractivity contribution in [1.29, 1.82) is 0 Å². The molecule has 5 rings (SSSR count). The molecule has 1 aromatic carbocycles. The van der Waals surface area contributed by atoms with E-state index in [0.717, 1.165) is 38.1 Å². The summed E-state index contributed by atoms with van der Waals surface area (Å²) in [5.74, 6) is -7.93. The van der Waals surface area contributed by atoms with E-state index in [1.165, 1.54) is 6.20 Å². The first-order chi connectivity index (χ1) is 18.7. The number of anilines is 1. The molecule has 3 unspecified atom stereocenters. The Labute approximate surface area is 224 Å². The molecule has 2 aromatic heterocycles. The predicted octanol–water partition coefficient (Wildman–Crippen LogP) is 4.24. The van der Waals surface area contributed by atoms with E-state index >= 15 is 8.78 Å². The number of ether oxygens (including phenoxy) is 1. The third kappa shape index (κ3) is 6.03. The van der Waals surface area contributed by atoms with Crippen molar-refractivity contribution in [3.8, 4) is 22.9 Å². The maximum atomic E-state index is 15.1. The van der Waals surface area contributed by atoms with Crippen molar-refractivity contribution in [2.45, 2.75) is 43.7 Å². The van der Waals surface area contributed by atoms with Gasteiger partial charge in [-0.15, -0.1) is 0 Å². The van der Waals surface area contributed by atoms with Crippen LogP contribution in [0, 0.1) is 17.6 Å². The first kappa shape index (κ1) is 27.4. The van der Waals surface area contributed by atoms with Gasteiger partial charge in [-0.05, 0) is 50.1 Å². The average Bonchev–Trinajstić information content (AvgIpc) is 2.91. The molecule has 3 heterocycles. The van der Waals surface area contributed by atoms with Gasteiger partial charge < -0.3 is 19.9 Å². The van der Waals surface area contributed by atoms with Crippen LogP contribution in [0.25, 0.3) is 11.3 Å². The van der Waals surface area contributed by atoms with Crippen molar-refractivity contribution < 1.29 is 31.1 Å². The number of nitrogens with zero attached hydrogens (tertiary/aromatic N) is 3. The van der Waals surface area contributed by atoms with E-state index in [4.69, 9.17) is 4.74 Å². The van der Waals surface area contributed by atoms with Crippen LogP contribution in [0.2, 0.25) is 0 Å². The molecule has 3 aromatic rings. The monoisotopic (exact) mass is 565 g/mol. The maximum absolute atomic E-state index is 15.1. The van der Waals surface area contributed by atoms with Crippen LogP contribution < -0.4 is 20.1 Å². The van der Waals surface area contributed by atoms with E-state index in [-0.39, 0.29) is 18.3 Å². The Morgan fingerprint density at radius 1 is 1.13 bits per heavy atom. The molecule has 9 nitrogen and oxygen atoms in total. The summed E-state index contributed by atoms with van der Waals surface area (Å²) in [5.41, 5.74) is 0.258.